The molecule has 94 valence electrons. The lowest BCUT2D eigenvalue weighted by Gasteiger charge is -2.17. The minimum absolute atomic E-state index is 0.0401. The number of nitrogens with one attached hydrogen (secondary N) is 1. The fourth-order valence-electron chi connectivity index (χ4n) is 1.79. The van der Waals surface area contributed by atoms with Crippen LogP contribution in [0.4, 0.5) is 0 Å². The van der Waals surface area contributed by atoms with Crippen LogP contribution in [0.25, 0.3) is 0 Å². The Morgan fingerprint density at radius 2 is 1.94 bits per heavy atom. The van der Waals surface area contributed by atoms with Crippen LogP contribution in [0.15, 0.2) is 24.3 Å². The van der Waals surface area contributed by atoms with E-state index >= 15 is 0 Å². The van der Waals surface area contributed by atoms with Gasteiger partial charge in [0.1, 0.15) is 0 Å². The molecular weight excluding hydrogens is 214 g/mol. The molecule has 1 N–H and O–H groups in total. The molecule has 0 saturated heterocycles. The summed E-state index contributed by atoms with van der Waals surface area (Å²) in [6.45, 7) is 4.99. The van der Waals surface area contributed by atoms with Gasteiger partial charge in [0.25, 0.3) is 0 Å². The van der Waals surface area contributed by atoms with E-state index in [-0.39, 0.29) is 12.0 Å². The van der Waals surface area contributed by atoms with E-state index in [1.54, 1.807) is 0 Å². The van der Waals surface area contributed by atoms with Gasteiger partial charge in [-0.15, -0.1) is 0 Å². The third-order valence-corrected chi connectivity index (χ3v) is 2.84. The molecule has 0 aliphatic carbocycles. The van der Waals surface area contributed by atoms with Crippen molar-refractivity contribution >= 4 is 5.97 Å². The fraction of sp³-hybridized carbons (Fsp3) is 0.500. The summed E-state index contributed by atoms with van der Waals surface area (Å²) in [5.74, 6) is -0.185. The van der Waals surface area contributed by atoms with Gasteiger partial charge in [0.05, 0.1) is 13.5 Å². The first kappa shape index (κ1) is 13.7. The minimum Gasteiger partial charge on any atom is -0.469 e. The Labute approximate surface area is 103 Å². The summed E-state index contributed by atoms with van der Waals surface area (Å²) in [4.78, 5) is 11.3. The number of ether oxygens (including phenoxy) is 1. The number of aryl methyl sites for hydroxylation is 1. The lowest BCUT2D eigenvalue weighted by Crippen LogP contribution is -2.24. The Morgan fingerprint density at radius 1 is 1.29 bits per heavy atom. The second-order valence-electron chi connectivity index (χ2n) is 3.99. The van der Waals surface area contributed by atoms with Crippen LogP contribution in [0.3, 0.4) is 0 Å². The monoisotopic (exact) mass is 235 g/mol. The van der Waals surface area contributed by atoms with E-state index < -0.39 is 0 Å². The van der Waals surface area contributed by atoms with Gasteiger partial charge in [-0.05, 0) is 24.1 Å². The predicted octanol–water partition coefficient (Wildman–Crippen LogP) is 2.46. The number of benzene rings is 1. The number of hydrogen-bond donors (Lipinski definition) is 1. The normalized spacial score (nSPS) is 12.2. The van der Waals surface area contributed by atoms with Gasteiger partial charge in [-0.25, -0.2) is 0 Å². The molecular formula is C14H21NO2. The molecule has 0 aliphatic rings. The molecule has 1 rings (SSSR count). The van der Waals surface area contributed by atoms with Crippen LogP contribution in [-0.4, -0.2) is 19.6 Å². The molecule has 17 heavy (non-hydrogen) atoms. The van der Waals surface area contributed by atoms with Gasteiger partial charge < -0.3 is 10.1 Å². The van der Waals surface area contributed by atoms with Gasteiger partial charge in [-0.2, -0.15) is 0 Å². The topological polar surface area (TPSA) is 38.3 Å². The molecule has 3 heteroatoms. The maximum atomic E-state index is 11.3. The summed E-state index contributed by atoms with van der Waals surface area (Å²) in [6.07, 6.45) is 1.40. The number of hydrogen-bond acceptors (Lipinski definition) is 3. The Hall–Kier alpha value is -1.35. The Kier molecular flexibility index (Phi) is 5.70. The Balaban J connectivity index is 2.77. The molecule has 3 nitrogen and oxygen atoms in total. The first-order chi connectivity index (χ1) is 8.21. The van der Waals surface area contributed by atoms with Crippen molar-refractivity contribution in [3.05, 3.63) is 35.4 Å². The molecule has 0 radical (unpaired) electrons. The number of methoxy groups -OCH3 is 1. The van der Waals surface area contributed by atoms with Crippen LogP contribution in [-0.2, 0) is 16.0 Å². The molecule has 0 aromatic heterocycles. The first-order valence-electron chi connectivity index (χ1n) is 6.10. The zero-order chi connectivity index (χ0) is 12.7. The van der Waals surface area contributed by atoms with Crippen LogP contribution in [0.5, 0.6) is 0 Å². The Bertz CT molecular complexity index is 346. The molecule has 0 saturated carbocycles. The van der Waals surface area contributed by atoms with Crippen molar-refractivity contribution in [2.75, 3.05) is 13.7 Å². The predicted molar refractivity (Wildman–Crippen MR) is 68.9 cm³/mol. The van der Waals surface area contributed by atoms with E-state index in [1.807, 2.05) is 6.92 Å². The van der Waals surface area contributed by atoms with Crippen molar-refractivity contribution in [3.63, 3.8) is 0 Å². The molecule has 1 aromatic carbocycles. The van der Waals surface area contributed by atoms with Crippen LogP contribution in [0.2, 0.25) is 0 Å². The van der Waals surface area contributed by atoms with Crippen LogP contribution < -0.4 is 5.32 Å². The van der Waals surface area contributed by atoms with Gasteiger partial charge in [0.2, 0.25) is 0 Å². The first-order valence-corrected chi connectivity index (χ1v) is 6.10. The zero-order valence-corrected chi connectivity index (χ0v) is 10.8. The van der Waals surface area contributed by atoms with Crippen LogP contribution >= 0.6 is 0 Å². The number of esters is 1. The van der Waals surface area contributed by atoms with E-state index in [0.29, 0.717) is 6.42 Å². The summed E-state index contributed by atoms with van der Waals surface area (Å²) in [6, 6.07) is 8.41. The van der Waals surface area contributed by atoms with E-state index in [4.69, 9.17) is 4.74 Å². The summed E-state index contributed by atoms with van der Waals surface area (Å²) in [5, 5.41) is 3.30. The summed E-state index contributed by atoms with van der Waals surface area (Å²) in [5.41, 5.74) is 2.44. The number of carbonyl (C=O) groups excluding carboxylic acids is 1. The standard InChI is InChI=1S/C14H21NO2/c1-4-11-6-8-12(9-7-11)13(15-5-2)10-14(16)17-3/h6-9,13,15H,4-5,10H2,1-3H3. The minimum atomic E-state index is -0.185. The highest BCUT2D eigenvalue weighted by Crippen LogP contribution is 2.18. The highest BCUT2D eigenvalue weighted by molar-refractivity contribution is 5.70. The second-order valence-corrected chi connectivity index (χ2v) is 3.99. The summed E-state index contributed by atoms with van der Waals surface area (Å²) < 4.78 is 4.71. The SMILES string of the molecule is CCNC(CC(=O)OC)c1ccc(CC)cc1. The summed E-state index contributed by atoms with van der Waals surface area (Å²) in [7, 11) is 1.42. The van der Waals surface area contributed by atoms with Crippen LogP contribution in [0.1, 0.15) is 37.4 Å². The quantitative estimate of drug-likeness (QED) is 0.770. The van der Waals surface area contributed by atoms with Crippen molar-refractivity contribution in [2.24, 2.45) is 0 Å². The van der Waals surface area contributed by atoms with Crippen molar-refractivity contribution < 1.29 is 9.53 Å². The van der Waals surface area contributed by atoms with Gasteiger partial charge in [0.15, 0.2) is 0 Å². The molecule has 1 atom stereocenters. The van der Waals surface area contributed by atoms with Crippen molar-refractivity contribution in [2.45, 2.75) is 32.7 Å². The molecule has 0 aliphatic heterocycles. The summed E-state index contributed by atoms with van der Waals surface area (Å²) >= 11 is 0. The van der Waals surface area contributed by atoms with E-state index in [1.165, 1.54) is 12.7 Å². The van der Waals surface area contributed by atoms with Gasteiger partial charge >= 0.3 is 5.97 Å². The molecule has 0 bridgehead atoms. The lowest BCUT2D eigenvalue weighted by molar-refractivity contribution is -0.141. The maximum Gasteiger partial charge on any atom is 0.307 e. The van der Waals surface area contributed by atoms with Crippen molar-refractivity contribution in [3.8, 4) is 0 Å². The molecule has 1 aromatic rings. The smallest absolute Gasteiger partial charge is 0.307 e. The van der Waals surface area contributed by atoms with E-state index in [0.717, 1.165) is 18.5 Å². The third-order valence-electron chi connectivity index (χ3n) is 2.84. The molecule has 0 fully saturated rings. The van der Waals surface area contributed by atoms with Crippen molar-refractivity contribution in [1.29, 1.82) is 0 Å². The fourth-order valence-corrected chi connectivity index (χ4v) is 1.79. The largest absolute Gasteiger partial charge is 0.469 e. The zero-order valence-electron chi connectivity index (χ0n) is 10.8. The Morgan fingerprint density at radius 3 is 2.41 bits per heavy atom. The van der Waals surface area contributed by atoms with Crippen LogP contribution in [0, 0.1) is 0 Å². The maximum absolute atomic E-state index is 11.3. The number of carbonyl (C=O) groups is 1. The second kappa shape index (κ2) is 7.07. The third kappa shape index (κ3) is 4.19. The van der Waals surface area contributed by atoms with Gasteiger partial charge in [-0.3, -0.25) is 4.79 Å². The van der Waals surface area contributed by atoms with Crippen molar-refractivity contribution in [1.82, 2.24) is 5.32 Å². The van der Waals surface area contributed by atoms with E-state index in [2.05, 4.69) is 36.5 Å². The lowest BCUT2D eigenvalue weighted by atomic mass is 10.0. The molecule has 0 spiro atoms. The average molecular weight is 235 g/mol. The highest BCUT2D eigenvalue weighted by Gasteiger charge is 2.14. The van der Waals surface area contributed by atoms with Gasteiger partial charge in [-0.1, -0.05) is 38.1 Å². The highest BCUT2D eigenvalue weighted by atomic mass is 16.5. The molecule has 1 unspecified atom stereocenters. The molecule has 0 amide bonds. The average Bonchev–Trinajstić information content (AvgIpc) is 2.38. The molecule has 0 heterocycles. The van der Waals surface area contributed by atoms with E-state index in [9.17, 15) is 4.79 Å². The van der Waals surface area contributed by atoms with Gasteiger partial charge in [0, 0.05) is 6.04 Å². The number of rotatable bonds is 6.